The number of carbonyl (C=O) groups is 2. The predicted octanol–water partition coefficient (Wildman–Crippen LogP) is 7.07. The molecule has 0 spiro atoms. The minimum atomic E-state index is -1.01. The Bertz CT molecular complexity index is 1930. The highest BCUT2D eigenvalue weighted by Gasteiger charge is 2.21. The number of carboxylic acid groups (broad SMARTS) is 1. The summed E-state index contributed by atoms with van der Waals surface area (Å²) in [5, 5.41) is 14.5. The molecule has 0 fully saturated rings. The minimum absolute atomic E-state index is 0.171. The molecule has 0 bridgehead atoms. The molecule has 0 aliphatic rings. The first-order chi connectivity index (χ1) is 19.9. The van der Waals surface area contributed by atoms with E-state index < -0.39 is 12.0 Å². The van der Waals surface area contributed by atoms with Gasteiger partial charge in [0.1, 0.15) is 5.82 Å². The highest BCUT2D eigenvalue weighted by molar-refractivity contribution is 6.03. The van der Waals surface area contributed by atoms with E-state index in [4.69, 9.17) is 0 Å². The first-order valence-electron chi connectivity index (χ1n) is 13.2. The second-order valence-electron chi connectivity index (χ2n) is 10.1. The van der Waals surface area contributed by atoms with Crippen LogP contribution in [0.1, 0.15) is 50.5 Å². The molecule has 0 saturated carbocycles. The topological polar surface area (TPSA) is 83.7 Å². The number of carboxylic acids is 1. The highest BCUT2D eigenvalue weighted by atomic mass is 19.1. The fraction of sp³-hybridized carbons (Fsp3) is 0.0882. The Morgan fingerprint density at radius 2 is 1.66 bits per heavy atom. The van der Waals surface area contributed by atoms with E-state index in [2.05, 4.69) is 40.6 Å². The molecule has 41 heavy (non-hydrogen) atoms. The van der Waals surface area contributed by atoms with Gasteiger partial charge in [0.25, 0.3) is 5.91 Å². The molecule has 0 aliphatic carbocycles. The first-order valence-corrected chi connectivity index (χ1v) is 13.2. The zero-order chi connectivity index (χ0) is 28.5. The maximum atomic E-state index is 14.8. The smallest absolute Gasteiger partial charge is 0.335 e. The summed E-state index contributed by atoms with van der Waals surface area (Å²) in [4.78, 5) is 29.7. The van der Waals surface area contributed by atoms with Crippen LogP contribution in [0.2, 0.25) is 0 Å². The van der Waals surface area contributed by atoms with E-state index >= 15 is 0 Å². The monoisotopic (exact) mass is 543 g/mol. The van der Waals surface area contributed by atoms with Gasteiger partial charge >= 0.3 is 5.97 Å². The number of aromatic nitrogens is 2. The fourth-order valence-corrected chi connectivity index (χ4v) is 5.16. The van der Waals surface area contributed by atoms with Gasteiger partial charge in [0.15, 0.2) is 0 Å². The summed E-state index contributed by atoms with van der Waals surface area (Å²) < 4.78 is 16.6. The molecule has 1 amide bonds. The summed E-state index contributed by atoms with van der Waals surface area (Å²) in [5.74, 6) is -1.75. The number of benzene rings is 4. The summed E-state index contributed by atoms with van der Waals surface area (Å²) in [6, 6.07) is 28.5. The third-order valence-electron chi connectivity index (χ3n) is 7.32. The van der Waals surface area contributed by atoms with Crippen LogP contribution in [0.3, 0.4) is 0 Å². The van der Waals surface area contributed by atoms with Crippen molar-refractivity contribution < 1.29 is 19.1 Å². The van der Waals surface area contributed by atoms with Crippen molar-refractivity contribution >= 4 is 28.2 Å². The van der Waals surface area contributed by atoms with Crippen LogP contribution in [0, 0.1) is 5.82 Å². The molecule has 6 rings (SSSR count). The summed E-state index contributed by atoms with van der Waals surface area (Å²) in [6.45, 7) is 1.83. The second-order valence-corrected chi connectivity index (χ2v) is 10.1. The summed E-state index contributed by atoms with van der Waals surface area (Å²) in [7, 11) is 0. The van der Waals surface area contributed by atoms with Crippen LogP contribution in [0.5, 0.6) is 0 Å². The number of rotatable bonds is 7. The number of carbonyl (C=O) groups excluding carboxylic acids is 1. The quantitative estimate of drug-likeness (QED) is 0.226. The van der Waals surface area contributed by atoms with Gasteiger partial charge in [-0.3, -0.25) is 4.79 Å². The number of fused-ring (bicyclic) bond motifs is 2. The van der Waals surface area contributed by atoms with Crippen molar-refractivity contribution in [1.82, 2.24) is 14.7 Å². The Hall–Kier alpha value is -5.30. The molecule has 0 unspecified atom stereocenters. The second kappa shape index (κ2) is 10.7. The molecule has 6 aromatic rings. The molecule has 202 valence electrons. The van der Waals surface area contributed by atoms with Crippen LogP contribution in [-0.2, 0) is 6.42 Å². The van der Waals surface area contributed by atoms with E-state index in [-0.39, 0.29) is 17.3 Å². The highest BCUT2D eigenvalue weighted by Crippen LogP contribution is 2.29. The number of hydrogen-bond acceptors (Lipinski definition) is 3. The van der Waals surface area contributed by atoms with Gasteiger partial charge in [0.2, 0.25) is 0 Å². The molecule has 6 nitrogen and oxygen atoms in total. The molecular formula is C34H26FN3O3. The van der Waals surface area contributed by atoms with E-state index in [9.17, 15) is 19.1 Å². The molecule has 0 radical (unpaired) electrons. The molecule has 7 heteroatoms. The van der Waals surface area contributed by atoms with E-state index in [0.29, 0.717) is 28.6 Å². The van der Waals surface area contributed by atoms with Crippen molar-refractivity contribution in [3.63, 3.8) is 0 Å². The van der Waals surface area contributed by atoms with Crippen LogP contribution >= 0.6 is 0 Å². The van der Waals surface area contributed by atoms with Crippen LogP contribution < -0.4 is 5.32 Å². The molecular weight excluding hydrogens is 517 g/mol. The van der Waals surface area contributed by atoms with Gasteiger partial charge in [-0.15, -0.1) is 0 Å². The normalized spacial score (nSPS) is 12.0. The van der Waals surface area contributed by atoms with Gasteiger partial charge in [-0.25, -0.2) is 14.2 Å². The number of halogens is 1. The molecule has 2 aromatic heterocycles. The van der Waals surface area contributed by atoms with Crippen LogP contribution in [-0.4, -0.2) is 26.4 Å². The standard InChI is InChI=1S/C34H26FN3O3/c1-21(23-12-14-25(15-13-23)34(40)41)37-33(39)29-18-27(28-8-4-5-9-30(28)35)19-38-20-36-31(32(29)38)17-22-10-11-24-6-2-3-7-26(24)16-22/h2-16,18-21H,17H2,1H3,(H,37,39)(H,40,41)/t21-/m0/s1. The Balaban J connectivity index is 1.41. The summed E-state index contributed by atoms with van der Waals surface area (Å²) in [6.07, 6.45) is 3.95. The Labute approximate surface area is 235 Å². The summed E-state index contributed by atoms with van der Waals surface area (Å²) in [5.41, 5.74) is 4.65. The van der Waals surface area contributed by atoms with E-state index in [1.165, 1.54) is 18.2 Å². The lowest BCUT2D eigenvalue weighted by molar-refractivity contribution is 0.0696. The average Bonchev–Trinajstić information content (AvgIpc) is 3.39. The first kappa shape index (κ1) is 26.0. The van der Waals surface area contributed by atoms with Gasteiger partial charge in [-0.05, 0) is 53.1 Å². The maximum absolute atomic E-state index is 14.8. The zero-order valence-electron chi connectivity index (χ0n) is 22.2. The number of aromatic carboxylic acids is 1. The number of imidazole rings is 1. The lowest BCUT2D eigenvalue weighted by Crippen LogP contribution is -2.27. The van der Waals surface area contributed by atoms with Crippen molar-refractivity contribution in [3.05, 3.63) is 143 Å². The van der Waals surface area contributed by atoms with Gasteiger partial charge in [0, 0.05) is 23.7 Å². The molecule has 1 atom stereocenters. The molecule has 2 heterocycles. The average molecular weight is 544 g/mol. The minimum Gasteiger partial charge on any atom is -0.478 e. The molecule has 2 N–H and O–H groups in total. The molecule has 0 aliphatic heterocycles. The van der Waals surface area contributed by atoms with E-state index in [0.717, 1.165) is 27.6 Å². The van der Waals surface area contributed by atoms with Gasteiger partial charge in [0.05, 0.1) is 34.7 Å². The predicted molar refractivity (Wildman–Crippen MR) is 157 cm³/mol. The van der Waals surface area contributed by atoms with Crippen LogP contribution in [0.25, 0.3) is 27.4 Å². The number of amides is 1. The largest absolute Gasteiger partial charge is 0.478 e. The van der Waals surface area contributed by atoms with Crippen LogP contribution in [0.15, 0.2) is 110 Å². The van der Waals surface area contributed by atoms with Crippen molar-refractivity contribution in [2.75, 3.05) is 0 Å². The number of pyridine rings is 1. The van der Waals surface area contributed by atoms with Crippen molar-refractivity contribution in [3.8, 4) is 11.1 Å². The lowest BCUT2D eigenvalue weighted by atomic mass is 10.00. The SMILES string of the molecule is C[C@H](NC(=O)c1cc(-c2ccccc2F)cn2cnc(Cc3ccc4ccccc4c3)c12)c1ccc(C(=O)O)cc1. The number of hydrogen-bond donors (Lipinski definition) is 2. The zero-order valence-corrected chi connectivity index (χ0v) is 22.2. The Morgan fingerprint density at radius 1 is 0.927 bits per heavy atom. The molecule has 0 saturated heterocycles. The number of nitrogens with one attached hydrogen (secondary N) is 1. The summed E-state index contributed by atoms with van der Waals surface area (Å²) >= 11 is 0. The Kier molecular flexibility index (Phi) is 6.77. The lowest BCUT2D eigenvalue weighted by Gasteiger charge is -2.17. The van der Waals surface area contributed by atoms with Crippen molar-refractivity contribution in [1.29, 1.82) is 0 Å². The van der Waals surface area contributed by atoms with Gasteiger partial charge < -0.3 is 14.8 Å². The third-order valence-corrected chi connectivity index (χ3v) is 7.32. The van der Waals surface area contributed by atoms with E-state index in [1.54, 1.807) is 53.3 Å². The van der Waals surface area contributed by atoms with Crippen molar-refractivity contribution in [2.45, 2.75) is 19.4 Å². The van der Waals surface area contributed by atoms with Gasteiger partial charge in [-0.1, -0.05) is 72.8 Å². The van der Waals surface area contributed by atoms with Crippen molar-refractivity contribution in [2.24, 2.45) is 0 Å². The van der Waals surface area contributed by atoms with Crippen LogP contribution in [0.4, 0.5) is 4.39 Å². The third kappa shape index (κ3) is 5.17. The number of nitrogens with zero attached hydrogens (tertiary/aromatic N) is 2. The van der Waals surface area contributed by atoms with Gasteiger partial charge in [-0.2, -0.15) is 0 Å². The maximum Gasteiger partial charge on any atom is 0.335 e. The fourth-order valence-electron chi connectivity index (χ4n) is 5.16. The Morgan fingerprint density at radius 3 is 2.41 bits per heavy atom. The van der Waals surface area contributed by atoms with E-state index in [1.807, 2.05) is 19.1 Å². The molecule has 4 aromatic carbocycles.